The summed E-state index contributed by atoms with van der Waals surface area (Å²) in [6, 6.07) is 6.10. The first-order valence-electron chi connectivity index (χ1n) is 8.34. The number of nitrogens with one attached hydrogen (secondary N) is 1. The van der Waals surface area contributed by atoms with Gasteiger partial charge in [0.1, 0.15) is 5.82 Å². The minimum atomic E-state index is -0.317. The lowest BCUT2D eigenvalue weighted by atomic mass is 9.99. The third-order valence-electron chi connectivity index (χ3n) is 4.26. The summed E-state index contributed by atoms with van der Waals surface area (Å²) in [6.07, 6.45) is 4.90. The van der Waals surface area contributed by atoms with E-state index in [1.807, 2.05) is 0 Å². The first kappa shape index (κ1) is 16.9. The largest absolute Gasteiger partial charge is 0.350 e. The van der Waals surface area contributed by atoms with Gasteiger partial charge in [0.15, 0.2) is 0 Å². The van der Waals surface area contributed by atoms with E-state index in [4.69, 9.17) is 0 Å². The second-order valence-corrected chi connectivity index (χ2v) is 6.60. The molecule has 122 valence electrons. The fourth-order valence-electron chi connectivity index (χ4n) is 3.10. The highest BCUT2D eigenvalue weighted by Crippen LogP contribution is 2.17. The van der Waals surface area contributed by atoms with Gasteiger partial charge in [-0.3, -0.25) is 9.69 Å². The van der Waals surface area contributed by atoms with Crippen LogP contribution < -0.4 is 5.32 Å². The van der Waals surface area contributed by atoms with Gasteiger partial charge in [0.05, 0.1) is 0 Å². The Morgan fingerprint density at radius 3 is 2.41 bits per heavy atom. The predicted octanol–water partition coefficient (Wildman–Crippen LogP) is 3.46. The van der Waals surface area contributed by atoms with Crippen LogP contribution in [0.5, 0.6) is 0 Å². The second-order valence-electron chi connectivity index (χ2n) is 6.60. The summed E-state index contributed by atoms with van der Waals surface area (Å²) in [5, 5.41) is 3.02. The molecule has 0 radical (unpaired) electrons. The van der Waals surface area contributed by atoms with Crippen molar-refractivity contribution in [1.29, 1.82) is 0 Å². The lowest BCUT2D eigenvalue weighted by Gasteiger charge is -2.35. The van der Waals surface area contributed by atoms with Gasteiger partial charge in [-0.05, 0) is 62.5 Å². The maximum atomic E-state index is 12.9. The van der Waals surface area contributed by atoms with Gasteiger partial charge >= 0.3 is 0 Å². The molecule has 0 aromatic heterocycles. The van der Waals surface area contributed by atoms with Crippen LogP contribution in [0.1, 0.15) is 49.9 Å². The van der Waals surface area contributed by atoms with Crippen molar-refractivity contribution in [2.75, 3.05) is 19.6 Å². The molecule has 0 aliphatic carbocycles. The molecular weight excluding hydrogens is 279 g/mol. The van der Waals surface area contributed by atoms with Crippen LogP contribution in [0.25, 0.3) is 0 Å². The van der Waals surface area contributed by atoms with E-state index in [1.54, 1.807) is 0 Å². The van der Waals surface area contributed by atoms with E-state index >= 15 is 0 Å². The number of benzene rings is 1. The van der Waals surface area contributed by atoms with Gasteiger partial charge in [0, 0.05) is 18.2 Å². The third kappa shape index (κ3) is 5.09. The van der Waals surface area contributed by atoms with Crippen LogP contribution in [0.3, 0.4) is 0 Å². The molecule has 1 fully saturated rings. The van der Waals surface area contributed by atoms with Gasteiger partial charge in [-0.2, -0.15) is 0 Å². The zero-order valence-corrected chi connectivity index (χ0v) is 13.6. The number of halogens is 1. The van der Waals surface area contributed by atoms with Crippen molar-refractivity contribution in [3.05, 3.63) is 35.6 Å². The monoisotopic (exact) mass is 306 g/mol. The number of hydrogen-bond acceptors (Lipinski definition) is 2. The number of rotatable bonds is 6. The molecule has 1 amide bonds. The van der Waals surface area contributed by atoms with E-state index in [0.717, 1.165) is 19.5 Å². The minimum absolute atomic E-state index is 0.120. The quantitative estimate of drug-likeness (QED) is 0.873. The molecule has 2 rings (SSSR count). The van der Waals surface area contributed by atoms with Crippen LogP contribution in [-0.2, 0) is 0 Å². The molecule has 1 aromatic carbocycles. The lowest BCUT2D eigenvalue weighted by molar-refractivity contribution is 0.0913. The highest BCUT2D eigenvalue weighted by atomic mass is 19.1. The Kier molecular flexibility index (Phi) is 6.37. The van der Waals surface area contributed by atoms with Crippen LogP contribution in [-0.4, -0.2) is 36.5 Å². The molecule has 1 atom stereocenters. The molecular formula is C18H27FN2O. The summed E-state index contributed by atoms with van der Waals surface area (Å²) >= 11 is 0. The summed E-state index contributed by atoms with van der Waals surface area (Å²) in [5.74, 6) is 0.169. The van der Waals surface area contributed by atoms with E-state index in [9.17, 15) is 9.18 Å². The topological polar surface area (TPSA) is 32.3 Å². The van der Waals surface area contributed by atoms with Crippen LogP contribution >= 0.6 is 0 Å². The number of hydrogen-bond donors (Lipinski definition) is 1. The minimum Gasteiger partial charge on any atom is -0.350 e. The van der Waals surface area contributed by atoms with Crippen molar-refractivity contribution in [2.45, 2.75) is 45.6 Å². The number of amides is 1. The molecule has 1 aliphatic rings. The van der Waals surface area contributed by atoms with Gasteiger partial charge in [-0.25, -0.2) is 4.39 Å². The Balaban J connectivity index is 1.91. The first-order valence-corrected chi connectivity index (χ1v) is 8.34. The summed E-state index contributed by atoms with van der Waals surface area (Å²) < 4.78 is 12.9. The predicted molar refractivity (Wildman–Crippen MR) is 87.4 cm³/mol. The van der Waals surface area contributed by atoms with E-state index < -0.39 is 0 Å². The Labute approximate surface area is 132 Å². The molecule has 1 unspecified atom stereocenters. The maximum Gasteiger partial charge on any atom is 0.251 e. The number of carbonyl (C=O) groups is 1. The summed E-state index contributed by atoms with van der Waals surface area (Å²) in [7, 11) is 0. The lowest BCUT2D eigenvalue weighted by Crippen LogP contribution is -2.46. The van der Waals surface area contributed by atoms with Crippen molar-refractivity contribution in [1.82, 2.24) is 10.2 Å². The normalized spacial score (nSPS) is 17.5. The molecule has 1 aliphatic heterocycles. The van der Waals surface area contributed by atoms with Crippen molar-refractivity contribution >= 4 is 5.91 Å². The Morgan fingerprint density at radius 1 is 1.18 bits per heavy atom. The Hall–Kier alpha value is -1.42. The van der Waals surface area contributed by atoms with E-state index in [2.05, 4.69) is 24.1 Å². The van der Waals surface area contributed by atoms with Gasteiger partial charge in [-0.1, -0.05) is 20.3 Å². The van der Waals surface area contributed by atoms with E-state index in [0.29, 0.717) is 24.1 Å². The van der Waals surface area contributed by atoms with Crippen LogP contribution in [0.15, 0.2) is 24.3 Å². The van der Waals surface area contributed by atoms with Gasteiger partial charge in [0.2, 0.25) is 0 Å². The van der Waals surface area contributed by atoms with Crippen LogP contribution in [0, 0.1) is 11.7 Å². The van der Waals surface area contributed by atoms with Gasteiger partial charge in [0.25, 0.3) is 5.91 Å². The highest BCUT2D eigenvalue weighted by Gasteiger charge is 2.22. The van der Waals surface area contributed by atoms with E-state index in [1.165, 1.54) is 43.5 Å². The van der Waals surface area contributed by atoms with Crippen molar-refractivity contribution in [3.63, 3.8) is 0 Å². The maximum absolute atomic E-state index is 12.9. The molecule has 1 heterocycles. The fraction of sp³-hybridized carbons (Fsp3) is 0.611. The standard InChI is InChI=1S/C18H27FN2O/c1-14(2)12-17(21-10-4-3-5-11-21)13-20-18(22)15-6-8-16(19)9-7-15/h6-9,14,17H,3-5,10-13H2,1-2H3,(H,20,22). The third-order valence-corrected chi connectivity index (χ3v) is 4.26. The molecule has 1 aromatic rings. The number of piperidine rings is 1. The van der Waals surface area contributed by atoms with Crippen LogP contribution in [0.2, 0.25) is 0 Å². The Bertz CT molecular complexity index is 466. The number of nitrogens with zero attached hydrogens (tertiary/aromatic N) is 1. The molecule has 22 heavy (non-hydrogen) atoms. The van der Waals surface area contributed by atoms with E-state index in [-0.39, 0.29) is 11.7 Å². The molecule has 4 heteroatoms. The molecule has 3 nitrogen and oxygen atoms in total. The SMILES string of the molecule is CC(C)CC(CNC(=O)c1ccc(F)cc1)N1CCCCC1. The zero-order chi connectivity index (χ0) is 15.9. The van der Waals surface area contributed by atoms with Crippen molar-refractivity contribution in [3.8, 4) is 0 Å². The van der Waals surface area contributed by atoms with Crippen molar-refractivity contribution in [2.24, 2.45) is 5.92 Å². The molecule has 0 bridgehead atoms. The van der Waals surface area contributed by atoms with Crippen molar-refractivity contribution < 1.29 is 9.18 Å². The molecule has 0 spiro atoms. The number of likely N-dealkylation sites (tertiary alicyclic amines) is 1. The summed E-state index contributed by atoms with van der Waals surface area (Å²) in [4.78, 5) is 14.7. The first-order chi connectivity index (χ1) is 10.6. The summed E-state index contributed by atoms with van der Waals surface area (Å²) in [6.45, 7) is 7.36. The van der Waals surface area contributed by atoms with Crippen LogP contribution in [0.4, 0.5) is 4.39 Å². The molecule has 1 saturated heterocycles. The van der Waals surface area contributed by atoms with Gasteiger partial charge < -0.3 is 5.32 Å². The van der Waals surface area contributed by atoms with Gasteiger partial charge in [-0.15, -0.1) is 0 Å². The average Bonchev–Trinajstić information content (AvgIpc) is 2.52. The molecule has 1 N–H and O–H groups in total. The smallest absolute Gasteiger partial charge is 0.251 e. The molecule has 0 saturated carbocycles. The highest BCUT2D eigenvalue weighted by molar-refractivity contribution is 5.94. The second kappa shape index (κ2) is 8.28. The number of carbonyl (C=O) groups excluding carboxylic acids is 1. The Morgan fingerprint density at radius 2 is 1.82 bits per heavy atom. The zero-order valence-electron chi connectivity index (χ0n) is 13.6. The summed E-state index contributed by atoms with van der Waals surface area (Å²) in [5.41, 5.74) is 0.517. The fourth-order valence-corrected chi connectivity index (χ4v) is 3.10. The average molecular weight is 306 g/mol.